The Balaban J connectivity index is 2.45. The third kappa shape index (κ3) is 4.68. The van der Waals surface area contributed by atoms with Crippen molar-refractivity contribution in [3.05, 3.63) is 35.4 Å². The van der Waals surface area contributed by atoms with Gasteiger partial charge < -0.3 is 9.84 Å². The molecule has 0 aliphatic heterocycles. The highest BCUT2D eigenvalue weighted by molar-refractivity contribution is 5.19. The lowest BCUT2D eigenvalue weighted by atomic mass is 10.1. The first-order chi connectivity index (χ1) is 9.24. The van der Waals surface area contributed by atoms with Crippen LogP contribution in [0.4, 0.5) is 26.3 Å². The Hall–Kier alpha value is -1.28. The second kappa shape index (κ2) is 6.94. The van der Waals surface area contributed by atoms with Gasteiger partial charge in [0.05, 0.1) is 12.7 Å². The van der Waals surface area contributed by atoms with E-state index in [2.05, 4.69) is 4.74 Å². The Morgan fingerprint density at radius 3 is 2.45 bits per heavy atom. The summed E-state index contributed by atoms with van der Waals surface area (Å²) in [5.41, 5.74) is -0.165. The van der Waals surface area contributed by atoms with Gasteiger partial charge in [0.25, 0.3) is 0 Å². The minimum atomic E-state index is -4.32. The monoisotopic (exact) mass is 302 g/mol. The van der Waals surface area contributed by atoms with Crippen LogP contribution in [0.3, 0.4) is 0 Å². The molecule has 0 radical (unpaired) electrons. The molecule has 0 bridgehead atoms. The first kappa shape index (κ1) is 16.8. The number of benzene rings is 1. The lowest BCUT2D eigenvalue weighted by Crippen LogP contribution is -2.34. The van der Waals surface area contributed by atoms with Gasteiger partial charge in [-0.25, -0.2) is 17.6 Å². The lowest BCUT2D eigenvalue weighted by molar-refractivity contribution is -0.170. The summed E-state index contributed by atoms with van der Waals surface area (Å²) in [6.45, 7) is -2.26. The number of hydrogen-bond acceptors (Lipinski definition) is 2. The molecule has 0 spiro atoms. The summed E-state index contributed by atoms with van der Waals surface area (Å²) in [5, 5.41) is 9.41. The van der Waals surface area contributed by atoms with Crippen LogP contribution in [0.25, 0.3) is 0 Å². The number of hydrogen-bond donors (Lipinski definition) is 1. The molecule has 1 rings (SSSR count). The van der Waals surface area contributed by atoms with Gasteiger partial charge in [-0.15, -0.1) is 0 Å². The van der Waals surface area contributed by atoms with Crippen LogP contribution in [0.1, 0.15) is 5.56 Å². The molecule has 114 valence electrons. The van der Waals surface area contributed by atoms with E-state index in [1.54, 1.807) is 0 Å². The van der Waals surface area contributed by atoms with Crippen LogP contribution in [-0.4, -0.2) is 36.8 Å². The molecule has 8 heteroatoms. The topological polar surface area (TPSA) is 29.5 Å². The Morgan fingerprint density at radius 1 is 1.20 bits per heavy atom. The van der Waals surface area contributed by atoms with Crippen LogP contribution in [0.2, 0.25) is 0 Å². The van der Waals surface area contributed by atoms with Crippen molar-refractivity contribution in [2.24, 2.45) is 0 Å². The second-order valence-corrected chi connectivity index (χ2v) is 4.15. The SMILES string of the molecule is OC(COCC(F)(F)C(F)F)Cc1cccc(F)c1F. The van der Waals surface area contributed by atoms with E-state index in [0.29, 0.717) is 0 Å². The van der Waals surface area contributed by atoms with E-state index < -0.39 is 43.3 Å². The average Bonchev–Trinajstić information content (AvgIpc) is 2.34. The van der Waals surface area contributed by atoms with E-state index in [-0.39, 0.29) is 12.0 Å². The van der Waals surface area contributed by atoms with Crippen molar-refractivity contribution in [2.45, 2.75) is 24.9 Å². The molecule has 0 fully saturated rings. The van der Waals surface area contributed by atoms with Crippen molar-refractivity contribution >= 4 is 0 Å². The summed E-state index contributed by atoms with van der Waals surface area (Å²) >= 11 is 0. The Bertz CT molecular complexity index is 438. The van der Waals surface area contributed by atoms with Crippen LogP contribution in [0.5, 0.6) is 0 Å². The number of halogens is 6. The molecule has 1 atom stereocenters. The Morgan fingerprint density at radius 2 is 1.85 bits per heavy atom. The first-order valence-corrected chi connectivity index (χ1v) is 5.58. The quantitative estimate of drug-likeness (QED) is 0.785. The van der Waals surface area contributed by atoms with Gasteiger partial charge in [-0.05, 0) is 11.6 Å². The standard InChI is InChI=1S/C12H12F6O2/c13-9-3-1-2-7(10(9)14)4-8(19)5-20-6-12(17,18)11(15)16/h1-3,8,11,19H,4-6H2. The second-order valence-electron chi connectivity index (χ2n) is 4.15. The van der Waals surface area contributed by atoms with E-state index in [0.717, 1.165) is 6.07 Å². The molecule has 20 heavy (non-hydrogen) atoms. The largest absolute Gasteiger partial charge is 0.390 e. The van der Waals surface area contributed by atoms with Crippen LogP contribution in [0.15, 0.2) is 18.2 Å². The Labute approximate surface area is 111 Å². The zero-order valence-corrected chi connectivity index (χ0v) is 10.1. The summed E-state index contributed by atoms with van der Waals surface area (Å²) in [6, 6.07) is 3.30. The van der Waals surface area contributed by atoms with Crippen LogP contribution in [-0.2, 0) is 11.2 Å². The number of rotatable bonds is 7. The summed E-state index contributed by atoms with van der Waals surface area (Å²) in [5.74, 6) is -6.59. The number of alkyl halides is 4. The fraction of sp³-hybridized carbons (Fsp3) is 0.500. The molecule has 0 saturated heterocycles. The zero-order valence-electron chi connectivity index (χ0n) is 10.1. The Kier molecular flexibility index (Phi) is 5.82. The summed E-state index contributed by atoms with van der Waals surface area (Å²) in [7, 11) is 0. The smallest absolute Gasteiger partial charge is 0.330 e. The molecular weight excluding hydrogens is 290 g/mol. The maximum absolute atomic E-state index is 13.2. The maximum Gasteiger partial charge on any atom is 0.330 e. The van der Waals surface area contributed by atoms with Gasteiger partial charge >= 0.3 is 12.3 Å². The van der Waals surface area contributed by atoms with Gasteiger partial charge in [-0.3, -0.25) is 0 Å². The molecule has 0 heterocycles. The number of aliphatic hydroxyl groups is 1. The lowest BCUT2D eigenvalue weighted by Gasteiger charge is -2.17. The molecule has 0 saturated carbocycles. The molecular formula is C12H12F6O2. The van der Waals surface area contributed by atoms with E-state index in [4.69, 9.17) is 0 Å². The predicted octanol–water partition coefficient (Wildman–Crippen LogP) is 2.79. The van der Waals surface area contributed by atoms with Crippen molar-refractivity contribution in [1.29, 1.82) is 0 Å². The summed E-state index contributed by atoms with van der Waals surface area (Å²) in [4.78, 5) is 0. The summed E-state index contributed by atoms with van der Waals surface area (Å²) in [6.07, 6.45) is -5.68. The highest BCUT2D eigenvalue weighted by Gasteiger charge is 2.41. The number of ether oxygens (including phenoxy) is 1. The molecule has 0 aromatic heterocycles. The van der Waals surface area contributed by atoms with Crippen molar-refractivity contribution in [2.75, 3.05) is 13.2 Å². The van der Waals surface area contributed by atoms with Crippen molar-refractivity contribution in [3.8, 4) is 0 Å². The molecule has 0 aliphatic rings. The van der Waals surface area contributed by atoms with Gasteiger partial charge in [-0.2, -0.15) is 8.78 Å². The molecule has 1 aromatic carbocycles. The van der Waals surface area contributed by atoms with E-state index in [1.807, 2.05) is 0 Å². The fourth-order valence-electron chi connectivity index (χ4n) is 1.41. The third-order valence-electron chi connectivity index (χ3n) is 2.41. The zero-order chi connectivity index (χ0) is 15.3. The molecule has 2 nitrogen and oxygen atoms in total. The highest BCUT2D eigenvalue weighted by atomic mass is 19.3. The first-order valence-electron chi connectivity index (χ1n) is 5.58. The maximum atomic E-state index is 13.2. The van der Waals surface area contributed by atoms with Crippen molar-refractivity contribution < 1.29 is 36.2 Å². The van der Waals surface area contributed by atoms with E-state index in [9.17, 15) is 31.4 Å². The predicted molar refractivity (Wildman–Crippen MR) is 57.8 cm³/mol. The molecule has 0 amide bonds. The van der Waals surface area contributed by atoms with Crippen molar-refractivity contribution in [3.63, 3.8) is 0 Å². The molecule has 1 aromatic rings. The van der Waals surface area contributed by atoms with E-state index in [1.165, 1.54) is 12.1 Å². The van der Waals surface area contributed by atoms with Gasteiger partial charge in [0.15, 0.2) is 11.6 Å². The third-order valence-corrected chi connectivity index (χ3v) is 2.41. The van der Waals surface area contributed by atoms with E-state index >= 15 is 0 Å². The molecule has 0 aliphatic carbocycles. The van der Waals surface area contributed by atoms with Gasteiger partial charge in [0.2, 0.25) is 0 Å². The minimum absolute atomic E-state index is 0.165. The highest BCUT2D eigenvalue weighted by Crippen LogP contribution is 2.23. The van der Waals surface area contributed by atoms with Gasteiger partial charge in [-0.1, -0.05) is 12.1 Å². The van der Waals surface area contributed by atoms with Crippen LogP contribution >= 0.6 is 0 Å². The van der Waals surface area contributed by atoms with Crippen molar-refractivity contribution in [1.82, 2.24) is 0 Å². The van der Waals surface area contributed by atoms with Gasteiger partial charge in [0.1, 0.15) is 6.61 Å². The average molecular weight is 302 g/mol. The number of aliphatic hydroxyl groups excluding tert-OH is 1. The fourth-order valence-corrected chi connectivity index (χ4v) is 1.41. The molecule has 1 N–H and O–H groups in total. The summed E-state index contributed by atoms with van der Waals surface area (Å²) < 4.78 is 78.9. The van der Waals surface area contributed by atoms with Crippen LogP contribution < -0.4 is 0 Å². The van der Waals surface area contributed by atoms with Crippen LogP contribution in [0, 0.1) is 11.6 Å². The molecule has 1 unspecified atom stereocenters. The van der Waals surface area contributed by atoms with Gasteiger partial charge in [0, 0.05) is 6.42 Å². The minimum Gasteiger partial charge on any atom is -0.390 e. The normalized spacial score (nSPS) is 13.8.